The van der Waals surface area contributed by atoms with Crippen LogP contribution in [0.1, 0.15) is 41.8 Å². The van der Waals surface area contributed by atoms with Crippen molar-refractivity contribution in [3.8, 4) is 0 Å². The first-order valence-electron chi connectivity index (χ1n) is 7.51. The number of halogens is 1. The van der Waals surface area contributed by atoms with Crippen LogP contribution in [0.2, 0.25) is 5.02 Å². The normalized spacial score (nSPS) is 12.4. The Morgan fingerprint density at radius 1 is 1.24 bits per heavy atom. The summed E-state index contributed by atoms with van der Waals surface area (Å²) in [5.41, 5.74) is 4.71. The van der Waals surface area contributed by atoms with Crippen molar-refractivity contribution in [2.75, 3.05) is 6.54 Å². The SMILES string of the molecule is CCCNC(Cc1ccccc1Cl)c1ncc(C)cc1C. The number of rotatable bonds is 6. The van der Waals surface area contributed by atoms with Gasteiger partial charge in [-0.3, -0.25) is 4.98 Å². The molecule has 1 heterocycles. The molecule has 1 atom stereocenters. The molecule has 2 rings (SSSR count). The van der Waals surface area contributed by atoms with Gasteiger partial charge in [0.15, 0.2) is 0 Å². The second kappa shape index (κ2) is 7.58. The molecule has 1 aromatic carbocycles. The van der Waals surface area contributed by atoms with Crippen LogP contribution in [-0.4, -0.2) is 11.5 Å². The molecule has 0 aliphatic rings. The Balaban J connectivity index is 2.27. The van der Waals surface area contributed by atoms with E-state index in [4.69, 9.17) is 11.6 Å². The predicted octanol–water partition coefficient (Wildman–Crippen LogP) is 4.64. The average Bonchev–Trinajstić information content (AvgIpc) is 2.46. The minimum atomic E-state index is 0.199. The van der Waals surface area contributed by atoms with E-state index in [9.17, 15) is 0 Å². The van der Waals surface area contributed by atoms with E-state index in [1.807, 2.05) is 24.4 Å². The number of benzene rings is 1. The van der Waals surface area contributed by atoms with Crippen molar-refractivity contribution in [1.82, 2.24) is 10.3 Å². The molecule has 0 saturated carbocycles. The van der Waals surface area contributed by atoms with Gasteiger partial charge in [-0.25, -0.2) is 0 Å². The third-order valence-electron chi connectivity index (χ3n) is 3.61. The maximum Gasteiger partial charge on any atom is 0.0605 e. The van der Waals surface area contributed by atoms with E-state index in [0.29, 0.717) is 0 Å². The number of aromatic nitrogens is 1. The first-order chi connectivity index (χ1) is 10.1. The Kier molecular flexibility index (Phi) is 5.77. The van der Waals surface area contributed by atoms with Crippen LogP contribution in [0, 0.1) is 13.8 Å². The highest BCUT2D eigenvalue weighted by Crippen LogP contribution is 2.24. The molecule has 21 heavy (non-hydrogen) atoms. The van der Waals surface area contributed by atoms with Crippen LogP contribution in [0.4, 0.5) is 0 Å². The van der Waals surface area contributed by atoms with Gasteiger partial charge in [-0.2, -0.15) is 0 Å². The molecule has 0 radical (unpaired) electrons. The minimum absolute atomic E-state index is 0.199. The van der Waals surface area contributed by atoms with Gasteiger partial charge in [0.25, 0.3) is 0 Å². The molecule has 112 valence electrons. The number of aryl methyl sites for hydroxylation is 2. The smallest absolute Gasteiger partial charge is 0.0605 e. The highest BCUT2D eigenvalue weighted by Gasteiger charge is 2.16. The van der Waals surface area contributed by atoms with Crippen molar-refractivity contribution in [3.63, 3.8) is 0 Å². The Morgan fingerprint density at radius 3 is 2.67 bits per heavy atom. The number of nitrogens with zero attached hydrogens (tertiary/aromatic N) is 1. The zero-order valence-electron chi connectivity index (χ0n) is 13.0. The van der Waals surface area contributed by atoms with Crippen LogP contribution in [0.15, 0.2) is 36.5 Å². The van der Waals surface area contributed by atoms with Gasteiger partial charge >= 0.3 is 0 Å². The Hall–Kier alpha value is -1.38. The Bertz CT molecular complexity index is 596. The van der Waals surface area contributed by atoms with Crippen LogP contribution in [0.25, 0.3) is 0 Å². The van der Waals surface area contributed by atoms with Crippen molar-refractivity contribution in [1.29, 1.82) is 0 Å². The van der Waals surface area contributed by atoms with Crippen molar-refractivity contribution in [2.24, 2.45) is 0 Å². The molecule has 0 aliphatic heterocycles. The molecule has 0 saturated heterocycles. The summed E-state index contributed by atoms with van der Waals surface area (Å²) < 4.78 is 0. The zero-order valence-corrected chi connectivity index (χ0v) is 13.7. The predicted molar refractivity (Wildman–Crippen MR) is 89.9 cm³/mol. The van der Waals surface area contributed by atoms with Gasteiger partial charge in [0.1, 0.15) is 0 Å². The highest BCUT2D eigenvalue weighted by atomic mass is 35.5. The molecule has 0 bridgehead atoms. The van der Waals surface area contributed by atoms with Gasteiger partial charge < -0.3 is 5.32 Å². The van der Waals surface area contributed by atoms with Crippen molar-refractivity contribution >= 4 is 11.6 Å². The van der Waals surface area contributed by atoms with Crippen molar-refractivity contribution in [2.45, 2.75) is 39.7 Å². The topological polar surface area (TPSA) is 24.9 Å². The fourth-order valence-corrected chi connectivity index (χ4v) is 2.77. The number of hydrogen-bond acceptors (Lipinski definition) is 2. The summed E-state index contributed by atoms with van der Waals surface area (Å²) in [6, 6.07) is 10.4. The van der Waals surface area contributed by atoms with Gasteiger partial charge in [0.2, 0.25) is 0 Å². The lowest BCUT2D eigenvalue weighted by atomic mass is 9.99. The fraction of sp³-hybridized carbons (Fsp3) is 0.389. The van der Waals surface area contributed by atoms with Gasteiger partial charge in [-0.15, -0.1) is 0 Å². The lowest BCUT2D eigenvalue weighted by Crippen LogP contribution is -2.26. The molecule has 0 aliphatic carbocycles. The summed E-state index contributed by atoms with van der Waals surface area (Å²) in [7, 11) is 0. The molecule has 1 unspecified atom stereocenters. The van der Waals surface area contributed by atoms with E-state index in [-0.39, 0.29) is 6.04 Å². The summed E-state index contributed by atoms with van der Waals surface area (Å²) >= 11 is 6.31. The fourth-order valence-electron chi connectivity index (χ4n) is 2.56. The third kappa shape index (κ3) is 4.29. The zero-order chi connectivity index (χ0) is 15.2. The van der Waals surface area contributed by atoms with E-state index in [0.717, 1.165) is 35.7 Å². The van der Waals surface area contributed by atoms with Gasteiger partial charge in [0, 0.05) is 11.2 Å². The summed E-state index contributed by atoms with van der Waals surface area (Å²) in [5.74, 6) is 0. The van der Waals surface area contributed by atoms with E-state index < -0.39 is 0 Å². The molecule has 0 fully saturated rings. The monoisotopic (exact) mass is 302 g/mol. The molecular formula is C18H23ClN2. The molecule has 1 aromatic heterocycles. The van der Waals surface area contributed by atoms with E-state index in [2.05, 4.69) is 43.2 Å². The van der Waals surface area contributed by atoms with Gasteiger partial charge in [0.05, 0.1) is 11.7 Å². The van der Waals surface area contributed by atoms with Gasteiger partial charge in [-0.1, -0.05) is 42.8 Å². The first-order valence-corrected chi connectivity index (χ1v) is 7.89. The summed E-state index contributed by atoms with van der Waals surface area (Å²) in [4.78, 5) is 4.65. The Labute approximate surface area is 132 Å². The lowest BCUT2D eigenvalue weighted by Gasteiger charge is -2.21. The average molecular weight is 303 g/mol. The highest BCUT2D eigenvalue weighted by molar-refractivity contribution is 6.31. The van der Waals surface area contributed by atoms with E-state index in [1.165, 1.54) is 11.1 Å². The van der Waals surface area contributed by atoms with Crippen LogP contribution in [0.3, 0.4) is 0 Å². The molecule has 2 nitrogen and oxygen atoms in total. The standard InChI is InChI=1S/C18H23ClN2/c1-4-9-20-17(11-15-7-5-6-8-16(15)19)18-14(3)10-13(2)12-21-18/h5-8,10,12,17,20H,4,9,11H2,1-3H3. The number of hydrogen-bond donors (Lipinski definition) is 1. The second-order valence-corrected chi connectivity index (χ2v) is 5.92. The number of pyridine rings is 1. The largest absolute Gasteiger partial charge is 0.308 e. The second-order valence-electron chi connectivity index (χ2n) is 5.52. The van der Waals surface area contributed by atoms with Gasteiger partial charge in [-0.05, 0) is 56.0 Å². The quantitative estimate of drug-likeness (QED) is 0.841. The van der Waals surface area contributed by atoms with Crippen molar-refractivity contribution in [3.05, 3.63) is 63.9 Å². The molecule has 3 heteroatoms. The molecule has 1 N–H and O–H groups in total. The summed E-state index contributed by atoms with van der Waals surface area (Å²) in [6.07, 6.45) is 3.90. The van der Waals surface area contributed by atoms with Crippen molar-refractivity contribution < 1.29 is 0 Å². The van der Waals surface area contributed by atoms with Crippen LogP contribution >= 0.6 is 11.6 Å². The van der Waals surface area contributed by atoms with Crippen LogP contribution < -0.4 is 5.32 Å². The first kappa shape index (κ1) is 16.0. The lowest BCUT2D eigenvalue weighted by molar-refractivity contribution is 0.515. The summed E-state index contributed by atoms with van der Waals surface area (Å²) in [5, 5.41) is 4.43. The maximum absolute atomic E-state index is 6.31. The minimum Gasteiger partial charge on any atom is -0.308 e. The van der Waals surface area contributed by atoms with E-state index in [1.54, 1.807) is 0 Å². The molecular weight excluding hydrogens is 280 g/mol. The van der Waals surface area contributed by atoms with Crippen LogP contribution in [0.5, 0.6) is 0 Å². The van der Waals surface area contributed by atoms with Crippen LogP contribution in [-0.2, 0) is 6.42 Å². The number of nitrogens with one attached hydrogen (secondary N) is 1. The Morgan fingerprint density at radius 2 is 2.00 bits per heavy atom. The molecule has 0 spiro atoms. The molecule has 0 amide bonds. The third-order valence-corrected chi connectivity index (χ3v) is 3.98. The molecule has 2 aromatic rings. The maximum atomic E-state index is 6.31. The summed E-state index contributed by atoms with van der Waals surface area (Å²) in [6.45, 7) is 7.36. The van der Waals surface area contributed by atoms with E-state index >= 15 is 0 Å².